The minimum Gasteiger partial charge on any atom is -0.310 e. The van der Waals surface area contributed by atoms with Crippen molar-refractivity contribution in [2.45, 2.75) is 44.8 Å². The highest BCUT2D eigenvalue weighted by atomic mass is 35.5. The zero-order chi connectivity index (χ0) is 16.0. The van der Waals surface area contributed by atoms with Crippen LogP contribution in [0.25, 0.3) is 0 Å². The van der Waals surface area contributed by atoms with Gasteiger partial charge in [0.25, 0.3) is 0 Å². The first-order chi connectivity index (χ1) is 9.74. The number of rotatable bonds is 7. The van der Waals surface area contributed by atoms with E-state index >= 15 is 0 Å². The van der Waals surface area contributed by atoms with Gasteiger partial charge in [-0.25, -0.2) is 8.78 Å². The standard InChI is InChI=1S/C14H17ClF5N/c1-2-6-21-13(4-3-5-14(18,19)20)9-7-12(17)10(15)8-11(9)16/h7-8,13,21H,2-6H2,1H3. The molecule has 21 heavy (non-hydrogen) atoms. The van der Waals surface area contributed by atoms with Crippen molar-refractivity contribution in [1.29, 1.82) is 0 Å². The molecule has 0 aromatic heterocycles. The zero-order valence-electron chi connectivity index (χ0n) is 11.5. The van der Waals surface area contributed by atoms with Gasteiger partial charge >= 0.3 is 6.18 Å². The van der Waals surface area contributed by atoms with Gasteiger partial charge < -0.3 is 5.32 Å². The first kappa shape index (κ1) is 18.2. The Labute approximate surface area is 125 Å². The third-order valence-electron chi connectivity index (χ3n) is 3.01. The van der Waals surface area contributed by atoms with Crippen LogP contribution in [0, 0.1) is 11.6 Å². The van der Waals surface area contributed by atoms with Crippen LogP contribution in [0.4, 0.5) is 22.0 Å². The van der Waals surface area contributed by atoms with Crippen molar-refractivity contribution in [3.63, 3.8) is 0 Å². The average molecular weight is 330 g/mol. The van der Waals surface area contributed by atoms with Gasteiger partial charge in [0, 0.05) is 18.0 Å². The molecule has 0 saturated heterocycles. The summed E-state index contributed by atoms with van der Waals surface area (Å²) >= 11 is 5.47. The van der Waals surface area contributed by atoms with Crippen LogP contribution >= 0.6 is 11.6 Å². The van der Waals surface area contributed by atoms with E-state index in [1.807, 2.05) is 6.92 Å². The van der Waals surface area contributed by atoms with Crippen molar-refractivity contribution in [1.82, 2.24) is 5.32 Å². The summed E-state index contributed by atoms with van der Waals surface area (Å²) in [5, 5.41) is 2.60. The molecule has 120 valence electrons. The number of hydrogen-bond acceptors (Lipinski definition) is 1. The summed E-state index contributed by atoms with van der Waals surface area (Å²) in [6, 6.07) is 1.12. The van der Waals surface area contributed by atoms with Gasteiger partial charge in [0.1, 0.15) is 11.6 Å². The fraction of sp³-hybridized carbons (Fsp3) is 0.571. The lowest BCUT2D eigenvalue weighted by atomic mass is 10.00. The van der Waals surface area contributed by atoms with E-state index in [4.69, 9.17) is 11.6 Å². The third-order valence-corrected chi connectivity index (χ3v) is 3.30. The fourth-order valence-electron chi connectivity index (χ4n) is 2.00. The molecule has 1 N–H and O–H groups in total. The minimum absolute atomic E-state index is 0.00697. The van der Waals surface area contributed by atoms with Gasteiger partial charge in [-0.15, -0.1) is 0 Å². The molecule has 0 spiro atoms. The predicted molar refractivity (Wildman–Crippen MR) is 72.3 cm³/mol. The molecule has 0 amide bonds. The summed E-state index contributed by atoms with van der Waals surface area (Å²) in [4.78, 5) is 0. The van der Waals surface area contributed by atoms with E-state index in [1.54, 1.807) is 0 Å². The van der Waals surface area contributed by atoms with Crippen molar-refractivity contribution in [3.05, 3.63) is 34.4 Å². The van der Waals surface area contributed by atoms with Crippen LogP contribution in [0.5, 0.6) is 0 Å². The lowest BCUT2D eigenvalue weighted by Gasteiger charge is -2.20. The number of halogens is 6. The van der Waals surface area contributed by atoms with Crippen LogP contribution < -0.4 is 5.32 Å². The molecular formula is C14H17ClF5N. The van der Waals surface area contributed by atoms with Gasteiger partial charge in [-0.2, -0.15) is 13.2 Å². The summed E-state index contributed by atoms with van der Waals surface area (Å²) in [5.74, 6) is -1.51. The predicted octanol–water partition coefficient (Wildman–Crippen LogP) is 5.39. The van der Waals surface area contributed by atoms with Crippen molar-refractivity contribution in [2.24, 2.45) is 0 Å². The normalized spacial score (nSPS) is 13.5. The molecule has 0 aliphatic heterocycles. The van der Waals surface area contributed by atoms with Gasteiger partial charge in [-0.1, -0.05) is 18.5 Å². The number of benzene rings is 1. The molecule has 1 nitrogen and oxygen atoms in total. The number of hydrogen-bond donors (Lipinski definition) is 1. The van der Waals surface area contributed by atoms with E-state index in [-0.39, 0.29) is 23.4 Å². The highest BCUT2D eigenvalue weighted by Crippen LogP contribution is 2.29. The maximum absolute atomic E-state index is 13.9. The fourth-order valence-corrected chi connectivity index (χ4v) is 2.15. The summed E-state index contributed by atoms with van der Waals surface area (Å²) in [6.07, 6.45) is -4.56. The molecule has 0 aliphatic rings. The maximum atomic E-state index is 13.9. The van der Waals surface area contributed by atoms with E-state index in [0.29, 0.717) is 6.54 Å². The van der Waals surface area contributed by atoms with E-state index < -0.39 is 30.3 Å². The Morgan fingerprint density at radius 3 is 2.43 bits per heavy atom. The minimum atomic E-state index is -4.25. The Morgan fingerprint density at radius 1 is 1.19 bits per heavy atom. The van der Waals surface area contributed by atoms with Crippen LogP contribution in [0.3, 0.4) is 0 Å². The summed E-state index contributed by atoms with van der Waals surface area (Å²) < 4.78 is 63.9. The van der Waals surface area contributed by atoms with Gasteiger partial charge in [-0.3, -0.25) is 0 Å². The van der Waals surface area contributed by atoms with Crippen LogP contribution in [0.1, 0.15) is 44.2 Å². The molecule has 0 heterocycles. The summed E-state index contributed by atoms with van der Waals surface area (Å²) in [5.41, 5.74) is 0.00697. The van der Waals surface area contributed by atoms with Gasteiger partial charge in [-0.05, 0) is 37.9 Å². The molecule has 1 rings (SSSR count). The highest BCUT2D eigenvalue weighted by molar-refractivity contribution is 6.30. The van der Waals surface area contributed by atoms with Crippen LogP contribution in [0.2, 0.25) is 5.02 Å². The van der Waals surface area contributed by atoms with Crippen LogP contribution in [-0.2, 0) is 0 Å². The van der Waals surface area contributed by atoms with Crippen LogP contribution in [0.15, 0.2) is 12.1 Å². The first-order valence-electron chi connectivity index (χ1n) is 6.69. The lowest BCUT2D eigenvalue weighted by Crippen LogP contribution is -2.24. The molecule has 1 unspecified atom stereocenters. The molecule has 0 aliphatic carbocycles. The van der Waals surface area contributed by atoms with Crippen molar-refractivity contribution in [2.75, 3.05) is 6.54 Å². The summed E-state index contributed by atoms with van der Waals surface area (Å²) in [6.45, 7) is 2.37. The maximum Gasteiger partial charge on any atom is 0.389 e. The van der Waals surface area contributed by atoms with E-state index in [0.717, 1.165) is 18.6 Å². The lowest BCUT2D eigenvalue weighted by molar-refractivity contribution is -0.135. The Bertz CT molecular complexity index is 461. The average Bonchev–Trinajstić information content (AvgIpc) is 2.37. The van der Waals surface area contributed by atoms with E-state index in [2.05, 4.69) is 5.32 Å². The Morgan fingerprint density at radius 2 is 1.86 bits per heavy atom. The van der Waals surface area contributed by atoms with Crippen molar-refractivity contribution in [3.8, 4) is 0 Å². The molecular weight excluding hydrogens is 313 g/mol. The zero-order valence-corrected chi connectivity index (χ0v) is 12.3. The third kappa shape index (κ3) is 6.18. The SMILES string of the molecule is CCCNC(CCCC(F)(F)F)c1cc(F)c(Cl)cc1F. The number of nitrogens with one attached hydrogen (secondary N) is 1. The monoisotopic (exact) mass is 329 g/mol. The second-order valence-electron chi connectivity index (χ2n) is 4.80. The van der Waals surface area contributed by atoms with E-state index in [9.17, 15) is 22.0 Å². The van der Waals surface area contributed by atoms with Crippen LogP contribution in [-0.4, -0.2) is 12.7 Å². The topological polar surface area (TPSA) is 12.0 Å². The van der Waals surface area contributed by atoms with Crippen molar-refractivity contribution >= 4 is 11.6 Å². The van der Waals surface area contributed by atoms with Crippen molar-refractivity contribution < 1.29 is 22.0 Å². The molecule has 0 radical (unpaired) electrons. The molecule has 0 bridgehead atoms. The molecule has 0 fully saturated rings. The Balaban J connectivity index is 2.84. The quantitative estimate of drug-likeness (QED) is 0.522. The second kappa shape index (κ2) is 7.94. The van der Waals surface area contributed by atoms with E-state index in [1.165, 1.54) is 0 Å². The highest BCUT2D eigenvalue weighted by Gasteiger charge is 2.27. The second-order valence-corrected chi connectivity index (χ2v) is 5.21. The molecule has 1 atom stereocenters. The first-order valence-corrected chi connectivity index (χ1v) is 7.07. The Kier molecular flexibility index (Phi) is 6.87. The van der Waals surface area contributed by atoms with Gasteiger partial charge in [0.2, 0.25) is 0 Å². The molecule has 1 aromatic rings. The Hall–Kier alpha value is -0.880. The van der Waals surface area contributed by atoms with Gasteiger partial charge in [0.05, 0.1) is 5.02 Å². The molecule has 0 saturated carbocycles. The molecule has 7 heteroatoms. The largest absolute Gasteiger partial charge is 0.389 e. The summed E-state index contributed by atoms with van der Waals surface area (Å²) in [7, 11) is 0. The van der Waals surface area contributed by atoms with Gasteiger partial charge in [0.15, 0.2) is 0 Å². The number of alkyl halides is 3. The molecule has 1 aromatic carbocycles. The smallest absolute Gasteiger partial charge is 0.310 e.